The van der Waals surface area contributed by atoms with Crippen LogP contribution in [0.4, 0.5) is 0 Å². The third-order valence-electron chi connectivity index (χ3n) is 3.11. The molecule has 0 aromatic rings. The van der Waals surface area contributed by atoms with Gasteiger partial charge >= 0.3 is 0 Å². The lowest BCUT2D eigenvalue weighted by atomic mass is 9.79. The minimum Gasteiger partial charge on any atom is -0.493 e. The second kappa shape index (κ2) is 4.56. The van der Waals surface area contributed by atoms with Gasteiger partial charge in [-0.1, -0.05) is 32.9 Å². The van der Waals surface area contributed by atoms with Crippen LogP contribution < -0.4 is 0 Å². The molecule has 84 valence electrons. The standard InChI is InChI=1S/C13H20O2/c1-10(2)13(3)8-6-11(14-4)12(15-5)7-9-13/h6-10H,1-5H3. The first-order chi connectivity index (χ1) is 7.03. The van der Waals surface area contributed by atoms with Crippen molar-refractivity contribution < 1.29 is 9.47 Å². The van der Waals surface area contributed by atoms with Gasteiger partial charge < -0.3 is 9.47 Å². The molecule has 15 heavy (non-hydrogen) atoms. The van der Waals surface area contributed by atoms with E-state index in [1.165, 1.54) is 0 Å². The Bertz CT molecular complexity index is 284. The lowest BCUT2D eigenvalue weighted by Crippen LogP contribution is -2.17. The molecule has 0 aliphatic heterocycles. The molecule has 2 nitrogen and oxygen atoms in total. The first-order valence-electron chi connectivity index (χ1n) is 5.24. The zero-order valence-corrected chi connectivity index (χ0v) is 10.2. The van der Waals surface area contributed by atoms with E-state index in [-0.39, 0.29) is 5.41 Å². The maximum Gasteiger partial charge on any atom is 0.160 e. The van der Waals surface area contributed by atoms with Crippen molar-refractivity contribution in [1.82, 2.24) is 0 Å². The van der Waals surface area contributed by atoms with E-state index in [1.807, 2.05) is 12.2 Å². The van der Waals surface area contributed by atoms with Crippen LogP contribution in [0.1, 0.15) is 20.8 Å². The molecule has 0 unspecified atom stereocenters. The Morgan fingerprint density at radius 3 is 1.67 bits per heavy atom. The van der Waals surface area contributed by atoms with Crippen LogP contribution in [0.15, 0.2) is 35.8 Å². The summed E-state index contributed by atoms with van der Waals surface area (Å²) in [5.74, 6) is 2.09. The summed E-state index contributed by atoms with van der Waals surface area (Å²) in [6.07, 6.45) is 8.30. The molecule has 0 amide bonds. The van der Waals surface area contributed by atoms with Gasteiger partial charge in [0.1, 0.15) is 0 Å². The third-order valence-corrected chi connectivity index (χ3v) is 3.11. The minimum atomic E-state index is 0.0596. The van der Waals surface area contributed by atoms with Gasteiger partial charge in [0.2, 0.25) is 0 Å². The molecular formula is C13H20O2. The molecule has 0 bridgehead atoms. The van der Waals surface area contributed by atoms with Crippen molar-refractivity contribution in [3.8, 4) is 0 Å². The van der Waals surface area contributed by atoms with E-state index in [0.29, 0.717) is 5.92 Å². The van der Waals surface area contributed by atoms with Gasteiger partial charge in [0.25, 0.3) is 0 Å². The van der Waals surface area contributed by atoms with Crippen molar-refractivity contribution in [1.29, 1.82) is 0 Å². The van der Waals surface area contributed by atoms with Gasteiger partial charge in [-0.25, -0.2) is 0 Å². The highest BCUT2D eigenvalue weighted by Crippen LogP contribution is 2.33. The zero-order valence-electron chi connectivity index (χ0n) is 10.2. The van der Waals surface area contributed by atoms with Crippen molar-refractivity contribution >= 4 is 0 Å². The highest BCUT2D eigenvalue weighted by molar-refractivity contribution is 5.32. The Balaban J connectivity index is 3.06. The molecule has 0 atom stereocenters. The van der Waals surface area contributed by atoms with Gasteiger partial charge in [0, 0.05) is 5.41 Å². The molecule has 0 saturated heterocycles. The second-order valence-corrected chi connectivity index (χ2v) is 4.32. The van der Waals surface area contributed by atoms with Crippen molar-refractivity contribution in [2.24, 2.45) is 11.3 Å². The van der Waals surface area contributed by atoms with Crippen molar-refractivity contribution in [3.63, 3.8) is 0 Å². The van der Waals surface area contributed by atoms with Crippen LogP contribution in [-0.2, 0) is 9.47 Å². The molecular weight excluding hydrogens is 188 g/mol. The maximum atomic E-state index is 5.26. The number of methoxy groups -OCH3 is 2. The summed E-state index contributed by atoms with van der Waals surface area (Å²) in [5, 5.41) is 0. The van der Waals surface area contributed by atoms with Crippen LogP contribution in [0.2, 0.25) is 0 Å². The van der Waals surface area contributed by atoms with E-state index in [1.54, 1.807) is 14.2 Å². The molecule has 1 aliphatic rings. The Kier molecular flexibility index (Phi) is 3.61. The Labute approximate surface area is 92.3 Å². The molecule has 0 radical (unpaired) electrons. The summed E-state index contributed by atoms with van der Waals surface area (Å²) in [6, 6.07) is 0. The van der Waals surface area contributed by atoms with E-state index < -0.39 is 0 Å². The van der Waals surface area contributed by atoms with Crippen LogP contribution >= 0.6 is 0 Å². The fourth-order valence-electron chi connectivity index (χ4n) is 1.45. The third kappa shape index (κ3) is 2.44. The Morgan fingerprint density at radius 2 is 1.40 bits per heavy atom. The van der Waals surface area contributed by atoms with Crippen LogP contribution in [0.25, 0.3) is 0 Å². The maximum absolute atomic E-state index is 5.26. The van der Waals surface area contributed by atoms with E-state index >= 15 is 0 Å². The summed E-state index contributed by atoms with van der Waals surface area (Å²) in [7, 11) is 3.31. The quantitative estimate of drug-likeness (QED) is 0.708. The van der Waals surface area contributed by atoms with E-state index in [9.17, 15) is 0 Å². The lowest BCUT2D eigenvalue weighted by Gasteiger charge is -2.26. The predicted molar refractivity (Wildman–Crippen MR) is 62.3 cm³/mol. The average Bonchev–Trinajstić information content (AvgIpc) is 2.38. The van der Waals surface area contributed by atoms with E-state index in [0.717, 1.165) is 11.5 Å². The van der Waals surface area contributed by atoms with Gasteiger partial charge in [0.05, 0.1) is 14.2 Å². The molecule has 0 aromatic heterocycles. The summed E-state index contributed by atoms with van der Waals surface area (Å²) >= 11 is 0. The van der Waals surface area contributed by atoms with Crippen LogP contribution in [-0.4, -0.2) is 14.2 Å². The van der Waals surface area contributed by atoms with Gasteiger partial charge in [0.15, 0.2) is 11.5 Å². The van der Waals surface area contributed by atoms with E-state index in [2.05, 4.69) is 32.9 Å². The number of allylic oxidation sites excluding steroid dienone is 4. The molecule has 0 N–H and O–H groups in total. The van der Waals surface area contributed by atoms with Crippen LogP contribution in [0, 0.1) is 11.3 Å². The fourth-order valence-corrected chi connectivity index (χ4v) is 1.45. The van der Waals surface area contributed by atoms with Gasteiger partial charge in [-0.15, -0.1) is 0 Å². The normalized spacial score (nSPS) is 19.3. The van der Waals surface area contributed by atoms with Gasteiger partial charge in [-0.3, -0.25) is 0 Å². The van der Waals surface area contributed by atoms with Crippen LogP contribution in [0.5, 0.6) is 0 Å². The number of hydrogen-bond donors (Lipinski definition) is 0. The summed E-state index contributed by atoms with van der Waals surface area (Å²) in [6.45, 7) is 6.62. The Hall–Kier alpha value is -1.18. The second-order valence-electron chi connectivity index (χ2n) is 4.32. The number of hydrogen-bond acceptors (Lipinski definition) is 2. The molecule has 2 heteroatoms. The summed E-state index contributed by atoms with van der Waals surface area (Å²) in [4.78, 5) is 0. The minimum absolute atomic E-state index is 0.0596. The highest BCUT2D eigenvalue weighted by Gasteiger charge is 2.24. The number of rotatable bonds is 3. The first-order valence-corrected chi connectivity index (χ1v) is 5.24. The van der Waals surface area contributed by atoms with Gasteiger partial charge in [-0.2, -0.15) is 0 Å². The monoisotopic (exact) mass is 208 g/mol. The van der Waals surface area contributed by atoms with Crippen molar-refractivity contribution in [2.75, 3.05) is 14.2 Å². The van der Waals surface area contributed by atoms with Crippen molar-refractivity contribution in [2.45, 2.75) is 20.8 Å². The van der Waals surface area contributed by atoms with Crippen LogP contribution in [0.3, 0.4) is 0 Å². The topological polar surface area (TPSA) is 18.5 Å². The molecule has 0 spiro atoms. The Morgan fingerprint density at radius 1 is 1.00 bits per heavy atom. The lowest BCUT2D eigenvalue weighted by molar-refractivity contribution is 0.242. The molecule has 0 saturated carbocycles. The largest absolute Gasteiger partial charge is 0.493 e. The average molecular weight is 208 g/mol. The smallest absolute Gasteiger partial charge is 0.160 e. The van der Waals surface area contributed by atoms with Crippen molar-refractivity contribution in [3.05, 3.63) is 35.8 Å². The number of ether oxygens (including phenoxy) is 2. The molecule has 0 fully saturated rings. The molecule has 1 aliphatic carbocycles. The molecule has 1 rings (SSSR count). The highest BCUT2D eigenvalue weighted by atomic mass is 16.5. The fraction of sp³-hybridized carbons (Fsp3) is 0.538. The summed E-state index contributed by atoms with van der Waals surface area (Å²) in [5.41, 5.74) is 0.0596. The van der Waals surface area contributed by atoms with Gasteiger partial charge in [-0.05, 0) is 18.1 Å². The zero-order chi connectivity index (χ0) is 11.5. The summed E-state index contributed by atoms with van der Waals surface area (Å²) < 4.78 is 10.5. The first kappa shape index (κ1) is 11.9. The predicted octanol–water partition coefficient (Wildman–Crippen LogP) is 3.28. The molecule has 0 heterocycles. The van der Waals surface area contributed by atoms with E-state index in [4.69, 9.17) is 9.47 Å². The molecule has 0 aromatic carbocycles. The SMILES string of the molecule is COC1=C(OC)C=CC(C)(C(C)C)C=C1.